The van der Waals surface area contributed by atoms with Gasteiger partial charge in [-0.3, -0.25) is 4.90 Å². The molecule has 0 saturated carbocycles. The Kier molecular flexibility index (Phi) is 7.03. The molecule has 2 unspecified atom stereocenters. The van der Waals surface area contributed by atoms with Gasteiger partial charge in [0.1, 0.15) is 5.75 Å². The predicted octanol–water partition coefficient (Wildman–Crippen LogP) is 3.58. The molecule has 0 aliphatic rings. The predicted molar refractivity (Wildman–Crippen MR) is 86.0 cm³/mol. The van der Waals surface area contributed by atoms with E-state index in [2.05, 4.69) is 37.8 Å². The van der Waals surface area contributed by atoms with Crippen LogP contribution in [-0.4, -0.2) is 25.1 Å². The van der Waals surface area contributed by atoms with Gasteiger partial charge in [-0.15, -0.1) is 0 Å². The van der Waals surface area contributed by atoms with Gasteiger partial charge in [0.05, 0.1) is 7.11 Å². The van der Waals surface area contributed by atoms with Crippen LogP contribution in [0.5, 0.6) is 5.75 Å². The fraction of sp³-hybridized carbons (Fsp3) is 0.647. The number of benzene rings is 1. The van der Waals surface area contributed by atoms with Gasteiger partial charge in [-0.1, -0.05) is 33.3 Å². The summed E-state index contributed by atoms with van der Waals surface area (Å²) in [5.41, 5.74) is 8.38. The zero-order valence-corrected chi connectivity index (χ0v) is 13.6. The second-order valence-electron chi connectivity index (χ2n) is 5.70. The Morgan fingerprint density at radius 3 is 2.45 bits per heavy atom. The Labute approximate surface area is 124 Å². The first-order chi connectivity index (χ1) is 9.51. The first-order valence-corrected chi connectivity index (χ1v) is 7.66. The monoisotopic (exact) mass is 278 g/mol. The van der Waals surface area contributed by atoms with Crippen molar-refractivity contribution in [3.63, 3.8) is 0 Å². The molecule has 2 N–H and O–H groups in total. The summed E-state index contributed by atoms with van der Waals surface area (Å²) in [4.78, 5) is 2.47. The molecule has 0 aliphatic carbocycles. The van der Waals surface area contributed by atoms with E-state index in [9.17, 15) is 0 Å². The van der Waals surface area contributed by atoms with Crippen LogP contribution in [0.25, 0.3) is 0 Å². The number of rotatable bonds is 8. The average molecular weight is 278 g/mol. The highest BCUT2D eigenvalue weighted by Crippen LogP contribution is 2.24. The third kappa shape index (κ3) is 4.80. The Morgan fingerprint density at radius 2 is 1.95 bits per heavy atom. The van der Waals surface area contributed by atoms with Crippen LogP contribution in [-0.2, 0) is 6.54 Å². The van der Waals surface area contributed by atoms with Crippen molar-refractivity contribution < 1.29 is 4.74 Å². The minimum atomic E-state index is 0.0595. The minimum absolute atomic E-state index is 0.0595. The molecule has 0 radical (unpaired) electrons. The van der Waals surface area contributed by atoms with Crippen LogP contribution in [0.15, 0.2) is 18.2 Å². The SMILES string of the molecule is CCC(C)CN(CC)Cc1cc(C(C)N)ccc1OC. The third-order valence-corrected chi connectivity index (χ3v) is 3.94. The van der Waals surface area contributed by atoms with E-state index in [1.165, 1.54) is 17.5 Å². The van der Waals surface area contributed by atoms with Crippen molar-refractivity contribution in [3.8, 4) is 5.75 Å². The van der Waals surface area contributed by atoms with Gasteiger partial charge in [0.25, 0.3) is 0 Å². The van der Waals surface area contributed by atoms with Crippen LogP contribution in [0.2, 0.25) is 0 Å². The Balaban J connectivity index is 2.89. The third-order valence-electron chi connectivity index (χ3n) is 3.94. The molecule has 20 heavy (non-hydrogen) atoms. The second kappa shape index (κ2) is 8.28. The fourth-order valence-electron chi connectivity index (χ4n) is 2.32. The summed E-state index contributed by atoms with van der Waals surface area (Å²) in [7, 11) is 1.73. The highest BCUT2D eigenvalue weighted by Gasteiger charge is 2.12. The molecule has 1 aromatic rings. The quantitative estimate of drug-likeness (QED) is 0.790. The first-order valence-electron chi connectivity index (χ1n) is 7.66. The molecule has 1 aromatic carbocycles. The summed E-state index contributed by atoms with van der Waals surface area (Å²) < 4.78 is 5.49. The van der Waals surface area contributed by atoms with Gasteiger partial charge in [-0.05, 0) is 37.1 Å². The molecule has 3 heteroatoms. The maximum atomic E-state index is 5.99. The maximum Gasteiger partial charge on any atom is 0.123 e. The molecule has 114 valence electrons. The summed E-state index contributed by atoms with van der Waals surface area (Å²) >= 11 is 0. The average Bonchev–Trinajstić information content (AvgIpc) is 2.45. The van der Waals surface area contributed by atoms with Gasteiger partial charge < -0.3 is 10.5 Å². The summed E-state index contributed by atoms with van der Waals surface area (Å²) in [6.45, 7) is 11.9. The lowest BCUT2D eigenvalue weighted by Crippen LogP contribution is -2.28. The van der Waals surface area contributed by atoms with Crippen molar-refractivity contribution in [1.29, 1.82) is 0 Å². The summed E-state index contributed by atoms with van der Waals surface area (Å²) in [5.74, 6) is 1.68. The number of nitrogens with zero attached hydrogens (tertiary/aromatic N) is 1. The minimum Gasteiger partial charge on any atom is -0.496 e. The van der Waals surface area contributed by atoms with E-state index >= 15 is 0 Å². The Hall–Kier alpha value is -1.06. The van der Waals surface area contributed by atoms with Crippen molar-refractivity contribution in [2.24, 2.45) is 11.7 Å². The molecule has 0 spiro atoms. The maximum absolute atomic E-state index is 5.99. The molecular formula is C17H30N2O. The smallest absolute Gasteiger partial charge is 0.123 e. The van der Waals surface area contributed by atoms with Crippen molar-refractivity contribution in [3.05, 3.63) is 29.3 Å². The van der Waals surface area contributed by atoms with Gasteiger partial charge in [-0.2, -0.15) is 0 Å². The normalized spacial score (nSPS) is 14.3. The summed E-state index contributed by atoms with van der Waals surface area (Å²) in [5, 5.41) is 0. The summed E-state index contributed by atoms with van der Waals surface area (Å²) in [6.07, 6.45) is 1.22. The van der Waals surface area contributed by atoms with Gasteiger partial charge in [0, 0.05) is 24.7 Å². The van der Waals surface area contributed by atoms with E-state index < -0.39 is 0 Å². The lowest BCUT2D eigenvalue weighted by Gasteiger charge is -2.25. The molecule has 0 heterocycles. The highest BCUT2D eigenvalue weighted by molar-refractivity contribution is 5.38. The molecule has 0 saturated heterocycles. The van der Waals surface area contributed by atoms with Gasteiger partial charge in [-0.25, -0.2) is 0 Å². The summed E-state index contributed by atoms with van der Waals surface area (Å²) in [6, 6.07) is 6.33. The molecule has 1 rings (SSSR count). The standard InChI is InChI=1S/C17H30N2O/c1-6-13(3)11-19(7-2)12-16-10-15(14(4)18)8-9-17(16)20-5/h8-10,13-14H,6-7,11-12,18H2,1-5H3. The van der Waals surface area contributed by atoms with Crippen LogP contribution < -0.4 is 10.5 Å². The number of nitrogens with two attached hydrogens (primary N) is 1. The molecule has 0 bridgehead atoms. The van der Waals surface area contributed by atoms with Crippen LogP contribution in [0.1, 0.15) is 51.3 Å². The van der Waals surface area contributed by atoms with Crippen LogP contribution in [0.3, 0.4) is 0 Å². The largest absolute Gasteiger partial charge is 0.496 e. The van der Waals surface area contributed by atoms with Crippen molar-refractivity contribution in [1.82, 2.24) is 4.90 Å². The molecule has 0 aliphatic heterocycles. The zero-order chi connectivity index (χ0) is 15.1. The number of hydrogen-bond acceptors (Lipinski definition) is 3. The van der Waals surface area contributed by atoms with Crippen molar-refractivity contribution in [2.45, 2.75) is 46.7 Å². The van der Waals surface area contributed by atoms with Crippen LogP contribution in [0.4, 0.5) is 0 Å². The van der Waals surface area contributed by atoms with Crippen LogP contribution >= 0.6 is 0 Å². The van der Waals surface area contributed by atoms with Gasteiger partial charge >= 0.3 is 0 Å². The van der Waals surface area contributed by atoms with Crippen molar-refractivity contribution in [2.75, 3.05) is 20.2 Å². The lowest BCUT2D eigenvalue weighted by atomic mass is 10.0. The Bertz CT molecular complexity index is 404. The molecule has 0 amide bonds. The lowest BCUT2D eigenvalue weighted by molar-refractivity contribution is 0.235. The first kappa shape index (κ1) is 17.0. The van der Waals surface area contributed by atoms with E-state index in [-0.39, 0.29) is 6.04 Å². The molecular weight excluding hydrogens is 248 g/mol. The fourth-order valence-corrected chi connectivity index (χ4v) is 2.32. The molecule has 0 fully saturated rings. The number of ether oxygens (including phenoxy) is 1. The van der Waals surface area contributed by atoms with Gasteiger partial charge in [0.15, 0.2) is 0 Å². The molecule has 2 atom stereocenters. The number of hydrogen-bond donors (Lipinski definition) is 1. The van der Waals surface area contributed by atoms with Crippen LogP contribution in [0, 0.1) is 5.92 Å². The highest BCUT2D eigenvalue weighted by atomic mass is 16.5. The molecule has 0 aromatic heterocycles. The molecule has 3 nitrogen and oxygen atoms in total. The van der Waals surface area contributed by atoms with E-state index in [4.69, 9.17) is 10.5 Å². The van der Waals surface area contributed by atoms with Gasteiger partial charge in [0.2, 0.25) is 0 Å². The van der Waals surface area contributed by atoms with E-state index in [0.717, 1.165) is 31.3 Å². The van der Waals surface area contributed by atoms with E-state index in [0.29, 0.717) is 0 Å². The Morgan fingerprint density at radius 1 is 1.25 bits per heavy atom. The second-order valence-corrected chi connectivity index (χ2v) is 5.70. The number of methoxy groups -OCH3 is 1. The topological polar surface area (TPSA) is 38.5 Å². The van der Waals surface area contributed by atoms with E-state index in [1.54, 1.807) is 7.11 Å². The zero-order valence-electron chi connectivity index (χ0n) is 13.6. The van der Waals surface area contributed by atoms with E-state index in [1.807, 2.05) is 13.0 Å². The van der Waals surface area contributed by atoms with Crippen molar-refractivity contribution >= 4 is 0 Å².